The lowest BCUT2D eigenvalue weighted by Crippen LogP contribution is -2.14. The van der Waals surface area contributed by atoms with Crippen LogP contribution in [-0.4, -0.2) is 21.5 Å². The fraction of sp³-hybridized carbons (Fsp3) is 0.294. The van der Waals surface area contributed by atoms with Crippen LogP contribution in [0.25, 0.3) is 21.7 Å². The predicted molar refractivity (Wildman–Crippen MR) is 89.8 cm³/mol. The molecule has 112 valence electrons. The summed E-state index contributed by atoms with van der Waals surface area (Å²) in [6, 6.07) is 8.99. The van der Waals surface area contributed by atoms with Crippen molar-refractivity contribution >= 4 is 11.3 Å². The molecule has 3 aromatic rings. The number of hydrogen-bond acceptors (Lipinski definition) is 4. The Morgan fingerprint density at radius 2 is 1.95 bits per heavy atom. The van der Waals surface area contributed by atoms with E-state index in [1.165, 1.54) is 22.4 Å². The average molecular weight is 310 g/mol. The number of hydrogen-bond donors (Lipinski definition) is 2. The molecule has 1 aromatic carbocycles. The van der Waals surface area contributed by atoms with Gasteiger partial charge < -0.3 is 10.3 Å². The molecular formula is C17H18N4S. The maximum Gasteiger partial charge on any atom is 0.123 e. The molecule has 0 bridgehead atoms. The molecule has 4 rings (SSSR count). The molecule has 22 heavy (non-hydrogen) atoms. The summed E-state index contributed by atoms with van der Waals surface area (Å²) in [7, 11) is 0. The van der Waals surface area contributed by atoms with E-state index < -0.39 is 0 Å². The van der Waals surface area contributed by atoms with Gasteiger partial charge in [0.1, 0.15) is 5.82 Å². The first-order valence-corrected chi connectivity index (χ1v) is 8.48. The van der Waals surface area contributed by atoms with Gasteiger partial charge in [-0.2, -0.15) is 0 Å². The van der Waals surface area contributed by atoms with Crippen LogP contribution in [0.1, 0.15) is 30.4 Å². The summed E-state index contributed by atoms with van der Waals surface area (Å²) in [6.07, 6.45) is 4.32. The number of thiazole rings is 1. The Morgan fingerprint density at radius 3 is 2.64 bits per heavy atom. The molecule has 2 N–H and O–H groups in total. The number of aromatic nitrogens is 3. The van der Waals surface area contributed by atoms with Gasteiger partial charge in [0.2, 0.25) is 0 Å². The van der Waals surface area contributed by atoms with Gasteiger partial charge in [-0.3, -0.25) is 0 Å². The minimum atomic E-state index is 0.382. The molecule has 1 aliphatic rings. The van der Waals surface area contributed by atoms with Gasteiger partial charge in [-0.25, -0.2) is 9.97 Å². The van der Waals surface area contributed by atoms with Crippen LogP contribution in [0.15, 0.2) is 36.0 Å². The van der Waals surface area contributed by atoms with E-state index in [2.05, 4.69) is 51.5 Å². The van der Waals surface area contributed by atoms with Crippen LogP contribution >= 0.6 is 11.3 Å². The molecule has 1 unspecified atom stereocenters. The molecule has 1 fully saturated rings. The molecule has 0 saturated carbocycles. The Hall–Kier alpha value is -1.98. The summed E-state index contributed by atoms with van der Waals surface area (Å²) in [6.45, 7) is 3.14. The zero-order valence-electron chi connectivity index (χ0n) is 12.5. The van der Waals surface area contributed by atoms with E-state index in [4.69, 9.17) is 0 Å². The van der Waals surface area contributed by atoms with Gasteiger partial charge in [0.05, 0.1) is 34.0 Å². The standard InChI is InChI=1S/C17H18N4S/c1-11-16(22-10-20-11)13-6-4-12(5-7-13)15-9-19-17(21-15)14-3-2-8-18-14/h4-7,9-10,14,18H,2-3,8H2,1H3,(H,19,21). The number of aromatic amines is 1. The Morgan fingerprint density at radius 1 is 1.14 bits per heavy atom. The van der Waals surface area contributed by atoms with Gasteiger partial charge in [0, 0.05) is 0 Å². The highest BCUT2D eigenvalue weighted by molar-refractivity contribution is 7.13. The third-order valence-electron chi connectivity index (χ3n) is 4.19. The fourth-order valence-electron chi connectivity index (χ4n) is 2.96. The largest absolute Gasteiger partial charge is 0.341 e. The Labute approximate surface area is 133 Å². The molecule has 0 radical (unpaired) electrons. The summed E-state index contributed by atoms with van der Waals surface area (Å²) in [5.74, 6) is 1.05. The van der Waals surface area contributed by atoms with Crippen molar-refractivity contribution in [3.63, 3.8) is 0 Å². The normalized spacial score (nSPS) is 18.0. The zero-order chi connectivity index (χ0) is 14.9. The number of nitrogens with zero attached hydrogens (tertiary/aromatic N) is 2. The highest BCUT2D eigenvalue weighted by atomic mass is 32.1. The Bertz CT molecular complexity index is 766. The van der Waals surface area contributed by atoms with E-state index in [9.17, 15) is 0 Å². The molecule has 0 amide bonds. The van der Waals surface area contributed by atoms with E-state index >= 15 is 0 Å². The number of imidazole rings is 1. The zero-order valence-corrected chi connectivity index (χ0v) is 13.3. The lowest BCUT2D eigenvalue weighted by molar-refractivity contribution is 0.613. The summed E-state index contributed by atoms with van der Waals surface area (Å²) >= 11 is 1.69. The lowest BCUT2D eigenvalue weighted by Gasteiger charge is -2.05. The number of nitrogens with one attached hydrogen (secondary N) is 2. The van der Waals surface area contributed by atoms with Gasteiger partial charge in [0.25, 0.3) is 0 Å². The molecule has 2 aromatic heterocycles. The van der Waals surface area contributed by atoms with Crippen molar-refractivity contribution in [1.29, 1.82) is 0 Å². The van der Waals surface area contributed by atoms with Crippen LogP contribution in [0.5, 0.6) is 0 Å². The van der Waals surface area contributed by atoms with Gasteiger partial charge in [-0.1, -0.05) is 24.3 Å². The Balaban J connectivity index is 1.59. The number of aryl methyl sites for hydroxylation is 1. The van der Waals surface area contributed by atoms with Crippen LogP contribution in [0, 0.1) is 6.92 Å². The highest BCUT2D eigenvalue weighted by Crippen LogP contribution is 2.29. The van der Waals surface area contributed by atoms with Crippen molar-refractivity contribution in [3.8, 4) is 21.7 Å². The lowest BCUT2D eigenvalue weighted by atomic mass is 10.1. The minimum absolute atomic E-state index is 0.382. The van der Waals surface area contributed by atoms with Crippen LogP contribution in [0.3, 0.4) is 0 Å². The molecule has 1 saturated heterocycles. The van der Waals surface area contributed by atoms with Crippen LogP contribution in [0.4, 0.5) is 0 Å². The van der Waals surface area contributed by atoms with Crippen molar-refractivity contribution < 1.29 is 0 Å². The SMILES string of the molecule is Cc1ncsc1-c1ccc(-c2cnc(C3CCCN3)[nH]2)cc1. The first-order valence-electron chi connectivity index (χ1n) is 7.60. The monoisotopic (exact) mass is 310 g/mol. The molecular weight excluding hydrogens is 292 g/mol. The second kappa shape index (κ2) is 5.66. The summed E-state index contributed by atoms with van der Waals surface area (Å²) in [4.78, 5) is 13.5. The van der Waals surface area contributed by atoms with Crippen LogP contribution in [0.2, 0.25) is 0 Å². The van der Waals surface area contributed by atoms with Crippen LogP contribution < -0.4 is 5.32 Å². The van der Waals surface area contributed by atoms with E-state index in [1.54, 1.807) is 11.3 Å². The predicted octanol–water partition coefficient (Wildman–Crippen LogP) is 3.93. The second-order valence-electron chi connectivity index (χ2n) is 5.68. The third kappa shape index (κ3) is 2.46. The van der Waals surface area contributed by atoms with Crippen molar-refractivity contribution in [3.05, 3.63) is 47.5 Å². The highest BCUT2D eigenvalue weighted by Gasteiger charge is 2.19. The van der Waals surface area contributed by atoms with Crippen molar-refractivity contribution in [2.45, 2.75) is 25.8 Å². The molecule has 5 heteroatoms. The van der Waals surface area contributed by atoms with E-state index in [0.717, 1.165) is 30.2 Å². The number of rotatable bonds is 3. The quantitative estimate of drug-likeness (QED) is 0.770. The average Bonchev–Trinajstić information content (AvgIpc) is 3.28. The molecule has 3 heterocycles. The van der Waals surface area contributed by atoms with Crippen LogP contribution in [-0.2, 0) is 0 Å². The maximum absolute atomic E-state index is 4.54. The van der Waals surface area contributed by atoms with Gasteiger partial charge in [-0.15, -0.1) is 11.3 Å². The minimum Gasteiger partial charge on any atom is -0.341 e. The first kappa shape index (κ1) is 13.7. The molecule has 0 spiro atoms. The molecule has 1 aliphatic heterocycles. The number of benzene rings is 1. The van der Waals surface area contributed by atoms with Crippen molar-refractivity contribution in [2.75, 3.05) is 6.54 Å². The van der Waals surface area contributed by atoms with Gasteiger partial charge in [-0.05, 0) is 37.4 Å². The summed E-state index contributed by atoms with van der Waals surface area (Å²) in [5, 5.41) is 3.47. The Kier molecular flexibility index (Phi) is 3.52. The van der Waals surface area contributed by atoms with Gasteiger partial charge >= 0.3 is 0 Å². The molecule has 4 nitrogen and oxygen atoms in total. The van der Waals surface area contributed by atoms with E-state index in [1.807, 2.05) is 11.7 Å². The summed E-state index contributed by atoms with van der Waals surface area (Å²) < 4.78 is 0. The van der Waals surface area contributed by atoms with E-state index in [-0.39, 0.29) is 0 Å². The third-order valence-corrected chi connectivity index (χ3v) is 5.17. The fourth-order valence-corrected chi connectivity index (χ4v) is 3.77. The van der Waals surface area contributed by atoms with Crippen molar-refractivity contribution in [2.24, 2.45) is 0 Å². The smallest absolute Gasteiger partial charge is 0.123 e. The first-order chi connectivity index (χ1) is 10.8. The summed E-state index contributed by atoms with van der Waals surface area (Å²) in [5.41, 5.74) is 6.46. The number of H-pyrrole nitrogens is 1. The molecule has 0 aliphatic carbocycles. The maximum atomic E-state index is 4.54. The topological polar surface area (TPSA) is 53.6 Å². The van der Waals surface area contributed by atoms with Crippen molar-refractivity contribution in [1.82, 2.24) is 20.3 Å². The second-order valence-corrected chi connectivity index (χ2v) is 6.53. The van der Waals surface area contributed by atoms with Gasteiger partial charge in [0.15, 0.2) is 0 Å². The van der Waals surface area contributed by atoms with E-state index in [0.29, 0.717) is 6.04 Å². The molecule has 1 atom stereocenters.